The van der Waals surface area contributed by atoms with Crippen LogP contribution in [-0.4, -0.2) is 59.0 Å². The molecule has 1 aliphatic heterocycles. The Balaban J connectivity index is 2.09. The number of likely N-dealkylation sites (tertiary alicyclic amines) is 1. The minimum absolute atomic E-state index is 0.0288. The Kier molecular flexibility index (Phi) is 6.38. The van der Waals surface area contributed by atoms with Gasteiger partial charge in [0.25, 0.3) is 5.91 Å². The molecule has 0 aromatic heterocycles. The van der Waals surface area contributed by atoms with Crippen molar-refractivity contribution in [1.82, 2.24) is 9.62 Å². The molecule has 138 valence electrons. The van der Waals surface area contributed by atoms with Crippen LogP contribution in [0, 0.1) is 0 Å². The predicted molar refractivity (Wildman–Crippen MR) is 90.0 cm³/mol. The highest BCUT2D eigenvalue weighted by atomic mass is 32.2. The molecule has 0 saturated carbocycles. The van der Waals surface area contributed by atoms with Gasteiger partial charge in [-0.25, -0.2) is 17.9 Å². The van der Waals surface area contributed by atoms with E-state index in [-0.39, 0.29) is 28.7 Å². The predicted octanol–water partition coefficient (Wildman–Crippen LogP) is 0.773. The summed E-state index contributed by atoms with van der Waals surface area (Å²) >= 11 is 0. The van der Waals surface area contributed by atoms with Gasteiger partial charge in [0.1, 0.15) is 10.6 Å². The molecule has 1 aliphatic rings. The van der Waals surface area contributed by atoms with Crippen molar-refractivity contribution in [3.05, 3.63) is 23.8 Å². The Morgan fingerprint density at radius 1 is 1.20 bits per heavy atom. The molecule has 8 nitrogen and oxygen atoms in total. The molecule has 9 heteroatoms. The lowest BCUT2D eigenvalue weighted by Crippen LogP contribution is -2.38. The minimum Gasteiger partial charge on any atom is -0.495 e. The number of hydrogen-bond acceptors (Lipinski definition) is 6. The van der Waals surface area contributed by atoms with Crippen molar-refractivity contribution >= 4 is 21.9 Å². The highest BCUT2D eigenvalue weighted by Crippen LogP contribution is 2.25. The monoisotopic (exact) mass is 370 g/mol. The SMILES string of the molecule is CNS(=O)(=O)c1cc(C(=O)OCC(=O)N2CCCCC2)ccc1OC. The van der Waals surface area contributed by atoms with Gasteiger partial charge < -0.3 is 14.4 Å². The van der Waals surface area contributed by atoms with Crippen molar-refractivity contribution in [3.63, 3.8) is 0 Å². The van der Waals surface area contributed by atoms with Crippen molar-refractivity contribution in [2.45, 2.75) is 24.2 Å². The number of hydrogen-bond donors (Lipinski definition) is 1. The van der Waals surface area contributed by atoms with Gasteiger partial charge in [-0.05, 0) is 44.5 Å². The maximum atomic E-state index is 12.2. The van der Waals surface area contributed by atoms with Gasteiger partial charge in [0.2, 0.25) is 10.0 Å². The first-order valence-electron chi connectivity index (χ1n) is 7.95. The lowest BCUT2D eigenvalue weighted by atomic mass is 10.1. The molecule has 1 saturated heterocycles. The van der Waals surface area contributed by atoms with E-state index >= 15 is 0 Å². The normalized spacial score (nSPS) is 14.9. The van der Waals surface area contributed by atoms with E-state index in [4.69, 9.17) is 9.47 Å². The van der Waals surface area contributed by atoms with E-state index in [1.807, 2.05) is 0 Å². The topological polar surface area (TPSA) is 102 Å². The average Bonchev–Trinajstić information content (AvgIpc) is 2.65. The van der Waals surface area contributed by atoms with Gasteiger partial charge in [-0.1, -0.05) is 0 Å². The zero-order valence-electron chi connectivity index (χ0n) is 14.3. The van der Waals surface area contributed by atoms with Crippen molar-refractivity contribution in [1.29, 1.82) is 0 Å². The molecular weight excluding hydrogens is 348 g/mol. The third-order valence-electron chi connectivity index (χ3n) is 3.99. The van der Waals surface area contributed by atoms with E-state index in [0.29, 0.717) is 13.1 Å². The van der Waals surface area contributed by atoms with Crippen LogP contribution in [0.15, 0.2) is 23.1 Å². The number of ether oxygens (including phenoxy) is 2. The largest absolute Gasteiger partial charge is 0.495 e. The molecule has 0 aliphatic carbocycles. The summed E-state index contributed by atoms with van der Waals surface area (Å²) in [6.07, 6.45) is 2.99. The minimum atomic E-state index is -3.80. The summed E-state index contributed by atoms with van der Waals surface area (Å²) in [5.41, 5.74) is 0.0288. The highest BCUT2D eigenvalue weighted by Gasteiger charge is 2.22. The van der Waals surface area contributed by atoms with Gasteiger partial charge >= 0.3 is 5.97 Å². The van der Waals surface area contributed by atoms with Crippen LogP contribution in [0.3, 0.4) is 0 Å². The van der Waals surface area contributed by atoms with Crippen molar-refractivity contribution in [2.24, 2.45) is 0 Å². The number of nitrogens with zero attached hydrogens (tertiary/aromatic N) is 1. The molecule has 1 heterocycles. The van der Waals surface area contributed by atoms with Gasteiger partial charge in [-0.15, -0.1) is 0 Å². The summed E-state index contributed by atoms with van der Waals surface area (Å²) in [4.78, 5) is 25.7. The number of esters is 1. The Labute approximate surface area is 147 Å². The standard InChI is InChI=1S/C16H22N2O6S/c1-17-25(21,22)14-10-12(6-7-13(14)23-2)16(20)24-11-15(19)18-8-4-3-5-9-18/h6-7,10,17H,3-5,8-9,11H2,1-2H3. The molecule has 25 heavy (non-hydrogen) atoms. The van der Waals surface area contributed by atoms with Crippen LogP contribution >= 0.6 is 0 Å². The molecular formula is C16H22N2O6S. The smallest absolute Gasteiger partial charge is 0.338 e. The molecule has 0 unspecified atom stereocenters. The fraction of sp³-hybridized carbons (Fsp3) is 0.500. The third kappa shape index (κ3) is 4.70. The Bertz CT molecular complexity index is 741. The molecule has 2 rings (SSSR count). The van der Waals surface area contributed by atoms with Gasteiger partial charge in [0.15, 0.2) is 6.61 Å². The maximum Gasteiger partial charge on any atom is 0.338 e. The number of piperidine rings is 1. The fourth-order valence-corrected chi connectivity index (χ4v) is 3.49. The summed E-state index contributed by atoms with van der Waals surface area (Å²) in [6, 6.07) is 3.92. The summed E-state index contributed by atoms with van der Waals surface area (Å²) in [6.45, 7) is 0.978. The molecule has 1 amide bonds. The number of sulfonamides is 1. The zero-order valence-corrected chi connectivity index (χ0v) is 15.1. The van der Waals surface area contributed by atoms with E-state index in [0.717, 1.165) is 19.3 Å². The number of rotatable bonds is 6. The summed E-state index contributed by atoms with van der Waals surface area (Å²) < 4.78 is 36.3. The third-order valence-corrected chi connectivity index (χ3v) is 5.43. The second-order valence-electron chi connectivity index (χ2n) is 5.59. The number of carbonyl (C=O) groups excluding carboxylic acids is 2. The number of carbonyl (C=O) groups is 2. The van der Waals surface area contributed by atoms with Crippen molar-refractivity contribution < 1.29 is 27.5 Å². The quantitative estimate of drug-likeness (QED) is 0.742. The van der Waals surface area contributed by atoms with Crippen molar-refractivity contribution in [3.8, 4) is 5.75 Å². The van der Waals surface area contributed by atoms with E-state index in [1.54, 1.807) is 4.90 Å². The molecule has 0 spiro atoms. The number of amides is 1. The molecule has 1 N–H and O–H groups in total. The van der Waals surface area contributed by atoms with E-state index in [2.05, 4.69) is 4.72 Å². The second kappa shape index (κ2) is 8.30. The molecule has 1 aromatic rings. The van der Waals surface area contributed by atoms with Crippen LogP contribution in [-0.2, 0) is 19.6 Å². The molecule has 0 radical (unpaired) electrons. The molecule has 0 atom stereocenters. The second-order valence-corrected chi connectivity index (χ2v) is 7.45. The molecule has 1 aromatic carbocycles. The van der Waals surface area contributed by atoms with Crippen LogP contribution in [0.5, 0.6) is 5.75 Å². The van der Waals surface area contributed by atoms with Crippen molar-refractivity contribution in [2.75, 3.05) is 33.9 Å². The summed E-state index contributed by atoms with van der Waals surface area (Å²) in [7, 11) is -1.21. The summed E-state index contributed by atoms with van der Waals surface area (Å²) in [5, 5.41) is 0. The molecule has 0 bridgehead atoms. The lowest BCUT2D eigenvalue weighted by Gasteiger charge is -2.26. The zero-order chi connectivity index (χ0) is 18.4. The first kappa shape index (κ1) is 19.2. The lowest BCUT2D eigenvalue weighted by molar-refractivity contribution is -0.135. The fourth-order valence-electron chi connectivity index (χ4n) is 2.57. The van der Waals surface area contributed by atoms with Gasteiger partial charge in [-0.3, -0.25) is 4.79 Å². The highest BCUT2D eigenvalue weighted by molar-refractivity contribution is 7.89. The van der Waals surface area contributed by atoms with Gasteiger partial charge in [0.05, 0.1) is 12.7 Å². The Hall–Kier alpha value is -2.13. The van der Waals surface area contributed by atoms with Crippen LogP contribution < -0.4 is 9.46 Å². The molecule has 1 fully saturated rings. The van der Waals surface area contributed by atoms with Gasteiger partial charge in [0, 0.05) is 13.1 Å². The average molecular weight is 370 g/mol. The van der Waals surface area contributed by atoms with Crippen LogP contribution in [0.25, 0.3) is 0 Å². The first-order valence-corrected chi connectivity index (χ1v) is 9.44. The van der Waals surface area contributed by atoms with Crippen LogP contribution in [0.1, 0.15) is 29.6 Å². The maximum absolute atomic E-state index is 12.2. The Morgan fingerprint density at radius 3 is 2.48 bits per heavy atom. The van der Waals surface area contributed by atoms with Crippen LogP contribution in [0.4, 0.5) is 0 Å². The first-order chi connectivity index (χ1) is 11.9. The summed E-state index contributed by atoms with van der Waals surface area (Å²) in [5.74, 6) is -0.902. The Morgan fingerprint density at radius 2 is 1.88 bits per heavy atom. The van der Waals surface area contributed by atoms with E-state index < -0.39 is 16.0 Å². The number of benzene rings is 1. The number of nitrogens with one attached hydrogen (secondary N) is 1. The van der Waals surface area contributed by atoms with E-state index in [1.165, 1.54) is 32.4 Å². The van der Waals surface area contributed by atoms with E-state index in [9.17, 15) is 18.0 Å². The van der Waals surface area contributed by atoms with Crippen LogP contribution in [0.2, 0.25) is 0 Å². The number of methoxy groups -OCH3 is 1. The van der Waals surface area contributed by atoms with Gasteiger partial charge in [-0.2, -0.15) is 0 Å².